The molecule has 0 unspecified atom stereocenters. The van der Waals surface area contributed by atoms with Crippen LogP contribution in [0.1, 0.15) is 28.5 Å². The average Bonchev–Trinajstić information content (AvgIpc) is 3.21. The van der Waals surface area contributed by atoms with Crippen LogP contribution in [-0.4, -0.2) is 31.9 Å². The number of aryl methyl sites for hydroxylation is 1. The van der Waals surface area contributed by atoms with Gasteiger partial charge in [0.1, 0.15) is 5.60 Å². The van der Waals surface area contributed by atoms with E-state index in [1.165, 1.54) is 10.8 Å². The molecule has 4 aromatic rings. The van der Waals surface area contributed by atoms with Crippen LogP contribution in [0, 0.1) is 6.92 Å². The number of ether oxygens (including phenoxy) is 2. The minimum atomic E-state index is -0.884. The van der Waals surface area contributed by atoms with E-state index < -0.39 is 23.1 Å². The summed E-state index contributed by atoms with van der Waals surface area (Å²) >= 11 is 7.46. The molecule has 1 aromatic heterocycles. The minimum Gasteiger partial charge on any atom is -0.358 e. The first-order chi connectivity index (χ1) is 17.9. The zero-order chi connectivity index (χ0) is 26.0. The Morgan fingerprint density at radius 1 is 0.838 bits per heavy atom. The molecule has 0 spiro atoms. The number of halogens is 2. The van der Waals surface area contributed by atoms with Crippen LogP contribution < -0.4 is 11.2 Å². The third kappa shape index (κ3) is 4.91. The van der Waals surface area contributed by atoms with Crippen molar-refractivity contribution in [3.05, 3.63) is 140 Å². The Labute approximate surface area is 231 Å². The van der Waals surface area contributed by atoms with Gasteiger partial charge in [0.2, 0.25) is 0 Å². The molecule has 8 heteroatoms. The topological polar surface area (TPSA) is 73.3 Å². The fraction of sp³-hybridized carbons (Fsp3) is 0.241. The third-order valence-electron chi connectivity index (χ3n) is 6.67. The Balaban J connectivity index is 1.53. The summed E-state index contributed by atoms with van der Waals surface area (Å²) in [5, 5.41) is 0. The second kappa shape index (κ2) is 10.9. The van der Waals surface area contributed by atoms with Gasteiger partial charge >= 0.3 is 5.69 Å². The first kappa shape index (κ1) is 25.9. The van der Waals surface area contributed by atoms with Gasteiger partial charge in [-0.25, -0.2) is 4.79 Å². The average molecular weight is 626 g/mol. The molecule has 5 rings (SSSR count). The van der Waals surface area contributed by atoms with Crippen molar-refractivity contribution >= 4 is 31.9 Å². The minimum absolute atomic E-state index is 0.156. The number of aromatic nitrogens is 2. The van der Waals surface area contributed by atoms with Crippen LogP contribution in [0.4, 0.5) is 0 Å². The second-order valence-electron chi connectivity index (χ2n) is 9.02. The van der Waals surface area contributed by atoms with Gasteiger partial charge in [-0.05, 0) is 23.6 Å². The molecule has 1 aliphatic rings. The molecule has 0 bridgehead atoms. The first-order valence-corrected chi connectivity index (χ1v) is 13.8. The van der Waals surface area contributed by atoms with Gasteiger partial charge in [0.15, 0.2) is 6.23 Å². The number of alkyl halides is 2. The molecule has 0 aliphatic carbocycles. The SMILES string of the molecule is Cc1cn([C@@H]2O[C@H](COC(c3ccccc3)(c3ccccc3)c3ccccc3)[C@@H](Br)[C@H]2Br)c(=O)[nH]c1=O. The molecule has 3 aromatic carbocycles. The lowest BCUT2D eigenvalue weighted by atomic mass is 9.80. The van der Waals surface area contributed by atoms with E-state index in [0.717, 1.165) is 16.7 Å². The van der Waals surface area contributed by atoms with E-state index in [1.807, 2.05) is 54.6 Å². The Morgan fingerprint density at radius 2 is 1.32 bits per heavy atom. The smallest absolute Gasteiger partial charge is 0.330 e. The monoisotopic (exact) mass is 624 g/mol. The summed E-state index contributed by atoms with van der Waals surface area (Å²) < 4.78 is 14.7. The van der Waals surface area contributed by atoms with E-state index in [2.05, 4.69) is 73.2 Å². The summed E-state index contributed by atoms with van der Waals surface area (Å²) in [7, 11) is 0. The quantitative estimate of drug-likeness (QED) is 0.224. The van der Waals surface area contributed by atoms with Crippen LogP contribution in [0.2, 0.25) is 0 Å². The molecule has 190 valence electrons. The first-order valence-electron chi connectivity index (χ1n) is 12.0. The predicted molar refractivity (Wildman–Crippen MR) is 151 cm³/mol. The van der Waals surface area contributed by atoms with Crippen molar-refractivity contribution < 1.29 is 9.47 Å². The Hall–Kier alpha value is -2.78. The molecule has 1 saturated heterocycles. The molecular weight excluding hydrogens is 600 g/mol. The normalized spacial score (nSPS) is 21.7. The van der Waals surface area contributed by atoms with Crippen molar-refractivity contribution in [1.29, 1.82) is 0 Å². The zero-order valence-corrected chi connectivity index (χ0v) is 23.3. The van der Waals surface area contributed by atoms with Crippen LogP contribution in [0.25, 0.3) is 0 Å². The fourth-order valence-corrected chi connectivity index (χ4v) is 6.05. The summed E-state index contributed by atoms with van der Waals surface area (Å²) in [5.74, 6) is 0. The highest BCUT2D eigenvalue weighted by molar-refractivity contribution is 9.12. The van der Waals surface area contributed by atoms with Crippen LogP contribution >= 0.6 is 31.9 Å². The van der Waals surface area contributed by atoms with Gasteiger partial charge in [-0.3, -0.25) is 14.3 Å². The Bertz CT molecular complexity index is 1360. The summed E-state index contributed by atoms with van der Waals surface area (Å²) in [6, 6.07) is 30.4. The molecule has 0 radical (unpaired) electrons. The number of H-pyrrole nitrogens is 1. The molecular formula is C29H26Br2N2O4. The maximum absolute atomic E-state index is 12.6. The van der Waals surface area contributed by atoms with Crippen LogP contribution in [-0.2, 0) is 15.1 Å². The van der Waals surface area contributed by atoms with Crippen LogP contribution in [0.3, 0.4) is 0 Å². The van der Waals surface area contributed by atoms with E-state index in [9.17, 15) is 9.59 Å². The van der Waals surface area contributed by atoms with Gasteiger partial charge in [-0.1, -0.05) is 123 Å². The standard InChI is InChI=1S/C29H26Br2N2O4/c1-19-17-33(28(35)32-26(19)34)27-25(31)24(30)23(37-27)18-36-29(20-11-5-2-6-12-20,21-13-7-3-8-14-21)22-15-9-4-10-16-22/h2-17,23-25,27H,18H2,1H3,(H,32,34,35)/t23-,24-,25-,27-/m1/s1. The van der Waals surface area contributed by atoms with E-state index in [4.69, 9.17) is 9.47 Å². The molecule has 1 N–H and O–H groups in total. The molecule has 37 heavy (non-hydrogen) atoms. The van der Waals surface area contributed by atoms with Gasteiger partial charge < -0.3 is 9.47 Å². The number of nitrogens with zero attached hydrogens (tertiary/aromatic N) is 1. The van der Waals surface area contributed by atoms with Gasteiger partial charge in [0.05, 0.1) is 22.4 Å². The number of benzene rings is 3. The molecule has 0 amide bonds. The number of nitrogens with one attached hydrogen (secondary N) is 1. The molecule has 2 heterocycles. The highest BCUT2D eigenvalue weighted by atomic mass is 79.9. The van der Waals surface area contributed by atoms with Crippen molar-refractivity contribution in [1.82, 2.24) is 9.55 Å². The molecule has 0 saturated carbocycles. The number of hydrogen-bond donors (Lipinski definition) is 1. The fourth-order valence-electron chi connectivity index (χ4n) is 4.79. The second-order valence-corrected chi connectivity index (χ2v) is 11.1. The third-order valence-corrected chi connectivity index (χ3v) is 9.56. The van der Waals surface area contributed by atoms with Gasteiger partial charge in [-0.2, -0.15) is 0 Å². The van der Waals surface area contributed by atoms with E-state index in [0.29, 0.717) is 5.56 Å². The van der Waals surface area contributed by atoms with Crippen molar-refractivity contribution in [3.8, 4) is 0 Å². The van der Waals surface area contributed by atoms with Gasteiger partial charge in [-0.15, -0.1) is 0 Å². The Morgan fingerprint density at radius 3 is 1.81 bits per heavy atom. The van der Waals surface area contributed by atoms with E-state index in [1.54, 1.807) is 6.92 Å². The summed E-state index contributed by atoms with van der Waals surface area (Å²) in [6.45, 7) is 1.90. The molecule has 1 aliphatic heterocycles. The van der Waals surface area contributed by atoms with Crippen molar-refractivity contribution in [2.75, 3.05) is 6.61 Å². The van der Waals surface area contributed by atoms with E-state index >= 15 is 0 Å². The van der Waals surface area contributed by atoms with Gasteiger partial charge in [0.25, 0.3) is 5.56 Å². The van der Waals surface area contributed by atoms with Crippen molar-refractivity contribution in [3.63, 3.8) is 0 Å². The summed E-state index contributed by atoms with van der Waals surface area (Å²) in [4.78, 5) is 26.4. The molecule has 1 fully saturated rings. The van der Waals surface area contributed by atoms with Crippen LogP contribution in [0.15, 0.2) is 107 Å². The number of hydrogen-bond acceptors (Lipinski definition) is 4. The lowest BCUT2D eigenvalue weighted by Gasteiger charge is -2.37. The number of rotatable bonds is 7. The van der Waals surface area contributed by atoms with E-state index in [-0.39, 0.29) is 22.4 Å². The zero-order valence-electron chi connectivity index (χ0n) is 20.1. The number of aromatic amines is 1. The lowest BCUT2D eigenvalue weighted by molar-refractivity contribution is -0.0757. The molecule has 6 nitrogen and oxygen atoms in total. The summed E-state index contributed by atoms with van der Waals surface area (Å²) in [5.41, 5.74) is 1.62. The largest absolute Gasteiger partial charge is 0.358 e. The van der Waals surface area contributed by atoms with Crippen LogP contribution in [0.5, 0.6) is 0 Å². The highest BCUT2D eigenvalue weighted by Crippen LogP contribution is 2.43. The lowest BCUT2D eigenvalue weighted by Crippen LogP contribution is -2.37. The van der Waals surface area contributed by atoms with Crippen molar-refractivity contribution in [2.45, 2.75) is 34.5 Å². The van der Waals surface area contributed by atoms with Crippen molar-refractivity contribution in [2.24, 2.45) is 0 Å². The predicted octanol–water partition coefficient (Wildman–Crippen LogP) is 5.28. The maximum atomic E-state index is 12.6. The summed E-state index contributed by atoms with van der Waals surface area (Å²) in [6.07, 6.45) is 0.523. The maximum Gasteiger partial charge on any atom is 0.330 e. The van der Waals surface area contributed by atoms with Gasteiger partial charge in [0, 0.05) is 11.8 Å². The highest BCUT2D eigenvalue weighted by Gasteiger charge is 2.46. The Kier molecular flexibility index (Phi) is 7.62. The molecule has 4 atom stereocenters.